The summed E-state index contributed by atoms with van der Waals surface area (Å²) in [6.07, 6.45) is 3.00. The van der Waals surface area contributed by atoms with E-state index in [0.717, 1.165) is 13.0 Å². The Kier molecular flexibility index (Phi) is 4.05. The van der Waals surface area contributed by atoms with E-state index in [-0.39, 0.29) is 17.5 Å². The molecule has 2 aromatic carbocycles. The van der Waals surface area contributed by atoms with Crippen LogP contribution in [-0.2, 0) is 11.5 Å². The molecule has 1 aliphatic rings. The van der Waals surface area contributed by atoms with E-state index in [4.69, 9.17) is 5.26 Å². The second kappa shape index (κ2) is 6.21. The van der Waals surface area contributed by atoms with Crippen molar-refractivity contribution in [1.82, 2.24) is 9.55 Å². The SMILES string of the molecule is CC(F)(F)c1cccc([C@@]2(O)C[C@H](c3ccc(C#N)cc3F)n3cncc32)c1. The lowest BCUT2D eigenvalue weighted by atomic mass is 9.85. The van der Waals surface area contributed by atoms with Gasteiger partial charge in [-0.1, -0.05) is 24.3 Å². The summed E-state index contributed by atoms with van der Waals surface area (Å²) in [6.45, 7) is 0.796. The zero-order chi connectivity index (χ0) is 20.1. The largest absolute Gasteiger partial charge is 0.379 e. The van der Waals surface area contributed by atoms with Gasteiger partial charge >= 0.3 is 0 Å². The summed E-state index contributed by atoms with van der Waals surface area (Å²) >= 11 is 0. The summed E-state index contributed by atoms with van der Waals surface area (Å²) in [5.41, 5.74) is -0.618. The van der Waals surface area contributed by atoms with Gasteiger partial charge in [0, 0.05) is 24.5 Å². The molecule has 0 spiro atoms. The lowest BCUT2D eigenvalue weighted by Gasteiger charge is -2.24. The molecule has 28 heavy (non-hydrogen) atoms. The fourth-order valence-electron chi connectivity index (χ4n) is 3.80. The third-order valence-electron chi connectivity index (χ3n) is 5.25. The van der Waals surface area contributed by atoms with E-state index in [1.54, 1.807) is 10.6 Å². The van der Waals surface area contributed by atoms with E-state index in [9.17, 15) is 18.3 Å². The molecule has 0 amide bonds. The fourth-order valence-corrected chi connectivity index (χ4v) is 3.80. The second-order valence-electron chi connectivity index (χ2n) is 7.08. The number of benzene rings is 2. The molecule has 4 rings (SSSR count). The smallest absolute Gasteiger partial charge is 0.270 e. The molecule has 2 atom stereocenters. The first kappa shape index (κ1) is 18.3. The number of rotatable bonds is 3. The minimum Gasteiger partial charge on any atom is -0.379 e. The first-order chi connectivity index (χ1) is 13.2. The molecule has 1 N–H and O–H groups in total. The van der Waals surface area contributed by atoms with Gasteiger partial charge < -0.3 is 9.67 Å². The molecule has 142 valence electrons. The zero-order valence-electron chi connectivity index (χ0n) is 14.9. The number of fused-ring (bicyclic) bond motifs is 1. The second-order valence-corrected chi connectivity index (χ2v) is 7.08. The predicted octanol–water partition coefficient (Wildman–Crippen LogP) is 4.23. The van der Waals surface area contributed by atoms with Crippen molar-refractivity contribution in [2.45, 2.75) is 30.9 Å². The molecule has 3 aromatic rings. The van der Waals surface area contributed by atoms with Gasteiger partial charge in [0.15, 0.2) is 0 Å². The highest BCUT2D eigenvalue weighted by atomic mass is 19.3. The van der Waals surface area contributed by atoms with Gasteiger partial charge in [-0.15, -0.1) is 0 Å². The molecule has 0 unspecified atom stereocenters. The van der Waals surface area contributed by atoms with Crippen LogP contribution in [0.1, 0.15) is 47.3 Å². The van der Waals surface area contributed by atoms with Gasteiger partial charge in [-0.25, -0.2) is 18.2 Å². The third kappa shape index (κ3) is 2.77. The van der Waals surface area contributed by atoms with Crippen molar-refractivity contribution in [2.24, 2.45) is 0 Å². The molecule has 1 aromatic heterocycles. The molecule has 0 aliphatic carbocycles. The standard InChI is InChI=1S/C21H16F3N3O/c1-20(23,24)14-3-2-4-15(8-14)21(28)9-18(27-12-26-11-19(21)27)16-6-5-13(10-25)7-17(16)22/h2-8,11-12,18,28H,9H2,1H3/t18-,21+/m1/s1. The Labute approximate surface area is 159 Å². The number of hydrogen-bond acceptors (Lipinski definition) is 3. The van der Waals surface area contributed by atoms with Crippen LogP contribution in [0.5, 0.6) is 0 Å². The van der Waals surface area contributed by atoms with Gasteiger partial charge in [0.2, 0.25) is 0 Å². The molecular formula is C21H16F3N3O. The summed E-state index contributed by atoms with van der Waals surface area (Å²) in [5.74, 6) is -3.62. The Balaban J connectivity index is 1.81. The number of hydrogen-bond donors (Lipinski definition) is 1. The van der Waals surface area contributed by atoms with Crippen molar-refractivity contribution in [3.05, 3.63) is 88.8 Å². The lowest BCUT2D eigenvalue weighted by molar-refractivity contribution is 0.0167. The van der Waals surface area contributed by atoms with Crippen LogP contribution in [0, 0.1) is 17.1 Å². The summed E-state index contributed by atoms with van der Waals surface area (Å²) in [7, 11) is 0. The molecule has 2 heterocycles. The Bertz CT molecular complexity index is 1100. The molecule has 4 nitrogen and oxygen atoms in total. The average molecular weight is 383 g/mol. The van der Waals surface area contributed by atoms with Crippen LogP contribution in [-0.4, -0.2) is 14.7 Å². The summed E-state index contributed by atoms with van der Waals surface area (Å²) in [6, 6.07) is 11.1. The summed E-state index contributed by atoms with van der Waals surface area (Å²) < 4.78 is 43.8. The van der Waals surface area contributed by atoms with Crippen LogP contribution in [0.3, 0.4) is 0 Å². The Hall–Kier alpha value is -3.11. The van der Waals surface area contributed by atoms with E-state index in [2.05, 4.69) is 4.98 Å². The van der Waals surface area contributed by atoms with Gasteiger partial charge in [0.25, 0.3) is 5.92 Å². The molecular weight excluding hydrogens is 367 g/mol. The summed E-state index contributed by atoms with van der Waals surface area (Å²) in [5, 5.41) is 20.4. The molecule has 0 radical (unpaired) electrons. The van der Waals surface area contributed by atoms with Gasteiger partial charge in [-0.2, -0.15) is 5.26 Å². The van der Waals surface area contributed by atoms with E-state index in [1.165, 1.54) is 42.9 Å². The quantitative estimate of drug-likeness (QED) is 0.736. The maximum atomic E-state index is 14.6. The Morgan fingerprint density at radius 2 is 2.07 bits per heavy atom. The number of nitrogens with zero attached hydrogens (tertiary/aromatic N) is 3. The van der Waals surface area contributed by atoms with Crippen LogP contribution >= 0.6 is 0 Å². The molecule has 1 aliphatic heterocycles. The molecule has 7 heteroatoms. The van der Waals surface area contributed by atoms with Crippen LogP contribution in [0.2, 0.25) is 0 Å². The number of imidazole rings is 1. The van der Waals surface area contributed by atoms with E-state index in [1.807, 2.05) is 6.07 Å². The highest BCUT2D eigenvalue weighted by Gasteiger charge is 2.46. The van der Waals surface area contributed by atoms with Gasteiger partial charge in [-0.3, -0.25) is 0 Å². The van der Waals surface area contributed by atoms with Crippen molar-refractivity contribution in [1.29, 1.82) is 5.26 Å². The molecule has 0 fully saturated rings. The van der Waals surface area contributed by atoms with Crippen LogP contribution in [0.25, 0.3) is 0 Å². The van der Waals surface area contributed by atoms with Crippen molar-refractivity contribution in [2.75, 3.05) is 0 Å². The average Bonchev–Trinajstić information content (AvgIpc) is 3.25. The van der Waals surface area contributed by atoms with Crippen LogP contribution in [0.15, 0.2) is 55.0 Å². The van der Waals surface area contributed by atoms with Gasteiger partial charge in [0.1, 0.15) is 11.4 Å². The number of halogens is 3. The predicted molar refractivity (Wildman–Crippen MR) is 95.1 cm³/mol. The van der Waals surface area contributed by atoms with E-state index < -0.39 is 23.4 Å². The highest BCUT2D eigenvalue weighted by Crippen LogP contribution is 2.47. The maximum Gasteiger partial charge on any atom is 0.270 e. The fraction of sp³-hybridized carbons (Fsp3) is 0.238. The van der Waals surface area contributed by atoms with Gasteiger partial charge in [-0.05, 0) is 23.8 Å². The van der Waals surface area contributed by atoms with Crippen molar-refractivity contribution in [3.63, 3.8) is 0 Å². The van der Waals surface area contributed by atoms with E-state index in [0.29, 0.717) is 16.8 Å². The normalized spacial score (nSPS) is 21.4. The minimum absolute atomic E-state index is 0.0619. The summed E-state index contributed by atoms with van der Waals surface area (Å²) in [4.78, 5) is 4.06. The first-order valence-electron chi connectivity index (χ1n) is 8.67. The van der Waals surface area contributed by atoms with Crippen LogP contribution < -0.4 is 0 Å². The third-order valence-corrected chi connectivity index (χ3v) is 5.25. The maximum absolute atomic E-state index is 14.6. The highest BCUT2D eigenvalue weighted by molar-refractivity contribution is 5.42. The van der Waals surface area contributed by atoms with Crippen molar-refractivity contribution >= 4 is 0 Å². The van der Waals surface area contributed by atoms with Crippen molar-refractivity contribution < 1.29 is 18.3 Å². The number of aliphatic hydroxyl groups is 1. The van der Waals surface area contributed by atoms with Crippen LogP contribution in [0.4, 0.5) is 13.2 Å². The monoisotopic (exact) mass is 383 g/mol. The number of nitriles is 1. The lowest BCUT2D eigenvalue weighted by Crippen LogP contribution is -2.25. The molecule has 0 bridgehead atoms. The Morgan fingerprint density at radius 1 is 1.29 bits per heavy atom. The number of aromatic nitrogens is 2. The zero-order valence-corrected chi connectivity index (χ0v) is 14.9. The Morgan fingerprint density at radius 3 is 2.75 bits per heavy atom. The van der Waals surface area contributed by atoms with E-state index >= 15 is 0 Å². The van der Waals surface area contributed by atoms with Crippen molar-refractivity contribution in [3.8, 4) is 6.07 Å². The first-order valence-corrected chi connectivity index (χ1v) is 8.67. The molecule has 0 saturated carbocycles. The number of alkyl halides is 2. The molecule has 0 saturated heterocycles. The van der Waals surface area contributed by atoms with Gasteiger partial charge in [0.05, 0.1) is 35.9 Å². The minimum atomic E-state index is -3.05. The topological polar surface area (TPSA) is 61.8 Å².